The molecule has 7 aromatic carbocycles. The van der Waals surface area contributed by atoms with Gasteiger partial charge in [-0.3, -0.25) is 4.57 Å². The second kappa shape index (κ2) is 12.7. The van der Waals surface area contributed by atoms with Gasteiger partial charge in [0.15, 0.2) is 29.1 Å². The van der Waals surface area contributed by atoms with Crippen LogP contribution in [-0.2, 0) is 5.41 Å². The van der Waals surface area contributed by atoms with Crippen molar-refractivity contribution in [3.63, 3.8) is 0 Å². The molecule has 0 aliphatic heterocycles. The van der Waals surface area contributed by atoms with Crippen LogP contribution in [0.25, 0.3) is 83.3 Å². The highest BCUT2D eigenvalue weighted by Crippen LogP contribution is 2.69. The van der Waals surface area contributed by atoms with Crippen LogP contribution < -0.4 is 0 Å². The molecule has 0 atom stereocenters. The average molecular weight is 804 g/mol. The van der Waals surface area contributed by atoms with Crippen molar-refractivity contribution in [3.05, 3.63) is 174 Å². The summed E-state index contributed by atoms with van der Waals surface area (Å²) in [5.41, 5.74) is 7.45. The lowest BCUT2D eigenvalue weighted by molar-refractivity contribution is -0.0399. The number of nitrogens with zero attached hydrogens (tertiary/aromatic N) is 3. The number of hydrogen-bond donors (Lipinski definition) is 0. The Morgan fingerprint density at radius 1 is 0.492 bits per heavy atom. The monoisotopic (exact) mass is 803 g/mol. The quantitative estimate of drug-likeness (QED) is 0.166. The van der Waals surface area contributed by atoms with Crippen LogP contribution in [0.4, 0.5) is 17.6 Å². The standard InChI is InChI=1S/C54H37F4N3/c55-45-26-41-42-25-39(34-16-17-44-40(24-34)38-12-6-7-13-43(38)54(44)36-19-29-18-30(21-36)22-37(54)20-29)50(57)51(58)52(42)61(48(41)27-46(45)56)49-28-47(59-53(60-49)32-9-2-1-3-10-32)35-15-14-31-8-4-5-11-33(31)23-35/h1-17,23-30,36-37H,18-22H2. The van der Waals surface area contributed by atoms with E-state index in [-0.39, 0.29) is 38.6 Å². The molecule has 5 aliphatic rings. The second-order valence-corrected chi connectivity index (χ2v) is 17.9. The maximum absolute atomic E-state index is 17.3. The Kier molecular flexibility index (Phi) is 7.33. The minimum absolute atomic E-state index is 0.0598. The summed E-state index contributed by atoms with van der Waals surface area (Å²) in [6, 6.07) is 43.6. The summed E-state index contributed by atoms with van der Waals surface area (Å²) in [6.07, 6.45) is 6.31. The van der Waals surface area contributed by atoms with E-state index in [0.29, 0.717) is 34.5 Å². The largest absolute Gasteiger partial charge is 0.290 e. The predicted octanol–water partition coefficient (Wildman–Crippen LogP) is 14.0. The molecule has 2 heterocycles. The van der Waals surface area contributed by atoms with E-state index in [0.717, 1.165) is 45.9 Å². The van der Waals surface area contributed by atoms with Gasteiger partial charge >= 0.3 is 0 Å². The zero-order chi connectivity index (χ0) is 40.7. The van der Waals surface area contributed by atoms with Crippen molar-refractivity contribution in [2.75, 3.05) is 0 Å². The Morgan fingerprint density at radius 3 is 1.98 bits per heavy atom. The van der Waals surface area contributed by atoms with Crippen molar-refractivity contribution in [1.82, 2.24) is 14.5 Å². The van der Waals surface area contributed by atoms with Crippen molar-refractivity contribution < 1.29 is 17.6 Å². The first-order valence-corrected chi connectivity index (χ1v) is 21.3. The van der Waals surface area contributed by atoms with Crippen LogP contribution in [0.2, 0.25) is 0 Å². The van der Waals surface area contributed by atoms with E-state index in [2.05, 4.69) is 30.3 Å². The molecule has 4 fully saturated rings. The second-order valence-electron chi connectivity index (χ2n) is 17.9. The first-order valence-electron chi connectivity index (χ1n) is 21.3. The normalized spacial score (nSPS) is 22.2. The maximum atomic E-state index is 17.3. The molecule has 3 nitrogen and oxygen atoms in total. The van der Waals surface area contributed by atoms with Gasteiger partial charge in [-0.05, 0) is 119 Å². The van der Waals surface area contributed by atoms with Gasteiger partial charge in [-0.2, -0.15) is 0 Å². The van der Waals surface area contributed by atoms with Crippen LogP contribution in [-0.4, -0.2) is 14.5 Å². The number of aromatic nitrogens is 3. The van der Waals surface area contributed by atoms with Crippen molar-refractivity contribution in [1.29, 1.82) is 0 Å². The fraction of sp³-hybridized carbons (Fsp3) is 0.185. The summed E-state index contributed by atoms with van der Waals surface area (Å²) in [5.74, 6) is -1.12. The highest BCUT2D eigenvalue weighted by atomic mass is 19.2. The molecule has 4 saturated carbocycles. The van der Waals surface area contributed by atoms with Crippen LogP contribution in [0.5, 0.6) is 0 Å². The van der Waals surface area contributed by atoms with E-state index in [9.17, 15) is 0 Å². The van der Waals surface area contributed by atoms with E-state index in [1.807, 2.05) is 84.9 Å². The van der Waals surface area contributed by atoms with Gasteiger partial charge in [-0.1, -0.05) is 103 Å². The molecule has 0 amide bonds. The molecule has 4 bridgehead atoms. The minimum Gasteiger partial charge on any atom is -0.290 e. The van der Waals surface area contributed by atoms with E-state index in [1.54, 1.807) is 12.1 Å². The molecule has 9 aromatic rings. The van der Waals surface area contributed by atoms with Crippen molar-refractivity contribution >= 4 is 32.6 Å². The summed E-state index contributed by atoms with van der Waals surface area (Å²) in [4.78, 5) is 9.87. The molecule has 0 saturated heterocycles. The highest BCUT2D eigenvalue weighted by molar-refractivity contribution is 6.11. The first-order chi connectivity index (χ1) is 29.8. The van der Waals surface area contributed by atoms with Gasteiger partial charge in [0.1, 0.15) is 5.82 Å². The molecule has 0 unspecified atom stereocenters. The molecule has 0 radical (unpaired) electrons. The van der Waals surface area contributed by atoms with Crippen molar-refractivity contribution in [2.45, 2.75) is 37.5 Å². The third-order valence-electron chi connectivity index (χ3n) is 14.9. The fourth-order valence-corrected chi connectivity index (χ4v) is 12.6. The molecule has 7 heteroatoms. The molecule has 296 valence electrons. The van der Waals surface area contributed by atoms with E-state index < -0.39 is 23.3 Å². The number of fused-ring (bicyclic) bond motifs is 7. The topological polar surface area (TPSA) is 30.7 Å². The van der Waals surface area contributed by atoms with Crippen LogP contribution in [0.1, 0.15) is 43.2 Å². The van der Waals surface area contributed by atoms with Gasteiger partial charge in [0.25, 0.3) is 0 Å². The SMILES string of the molecule is Fc1cc2c3cc(-c4ccc5c(c4)-c4ccccc4C54C5CC6CC(C5)CC4C6)c(F)c(F)c3n(-c3cc(-c4ccc5ccccc5c4)nc(-c4ccccc4)n3)c2cc1F. The lowest BCUT2D eigenvalue weighted by atomic mass is 9.43. The Labute approximate surface area is 349 Å². The van der Waals surface area contributed by atoms with Crippen LogP contribution in [0, 0.1) is 46.9 Å². The van der Waals surface area contributed by atoms with Crippen molar-refractivity contribution in [2.24, 2.45) is 23.7 Å². The number of benzene rings is 7. The summed E-state index contributed by atoms with van der Waals surface area (Å²) < 4.78 is 66.5. The molecule has 2 aromatic heterocycles. The van der Waals surface area contributed by atoms with Gasteiger partial charge < -0.3 is 0 Å². The van der Waals surface area contributed by atoms with Crippen LogP contribution >= 0.6 is 0 Å². The molecule has 14 rings (SSSR count). The average Bonchev–Trinajstić information content (AvgIpc) is 3.76. The number of halogens is 4. The Morgan fingerprint density at radius 2 is 1.18 bits per heavy atom. The first kappa shape index (κ1) is 35.2. The molecular formula is C54H37F4N3. The fourth-order valence-electron chi connectivity index (χ4n) is 12.6. The van der Waals surface area contributed by atoms with E-state index in [1.165, 1.54) is 53.4 Å². The molecular weight excluding hydrogens is 767 g/mol. The molecule has 1 spiro atoms. The van der Waals surface area contributed by atoms with Gasteiger partial charge in [0.05, 0.1) is 16.7 Å². The summed E-state index contributed by atoms with van der Waals surface area (Å²) in [6.45, 7) is 0. The molecule has 5 aliphatic carbocycles. The lowest BCUT2D eigenvalue weighted by Crippen LogP contribution is -2.55. The zero-order valence-electron chi connectivity index (χ0n) is 33.0. The smallest absolute Gasteiger partial charge is 0.184 e. The minimum atomic E-state index is -1.13. The summed E-state index contributed by atoms with van der Waals surface area (Å²) in [7, 11) is 0. The van der Waals surface area contributed by atoms with Crippen molar-refractivity contribution in [3.8, 4) is 50.7 Å². The number of rotatable bonds is 4. The molecule has 0 N–H and O–H groups in total. The van der Waals surface area contributed by atoms with Crippen LogP contribution in [0.15, 0.2) is 140 Å². The third-order valence-corrected chi connectivity index (χ3v) is 14.9. The maximum Gasteiger partial charge on any atom is 0.184 e. The van der Waals surface area contributed by atoms with Crippen LogP contribution in [0.3, 0.4) is 0 Å². The van der Waals surface area contributed by atoms with E-state index >= 15 is 17.6 Å². The third kappa shape index (κ3) is 4.92. The molecule has 61 heavy (non-hydrogen) atoms. The number of hydrogen-bond acceptors (Lipinski definition) is 2. The Bertz CT molecular complexity index is 3310. The zero-order valence-corrected chi connectivity index (χ0v) is 33.0. The summed E-state index contributed by atoms with van der Waals surface area (Å²) >= 11 is 0. The Hall–Kier alpha value is -6.60. The van der Waals surface area contributed by atoms with Gasteiger partial charge in [-0.25, -0.2) is 27.5 Å². The highest BCUT2D eigenvalue weighted by Gasteiger charge is 2.61. The lowest BCUT2D eigenvalue weighted by Gasteiger charge is -2.61. The van der Waals surface area contributed by atoms with Gasteiger partial charge in [0.2, 0.25) is 0 Å². The van der Waals surface area contributed by atoms with Gasteiger partial charge in [0, 0.05) is 45.0 Å². The van der Waals surface area contributed by atoms with Gasteiger partial charge in [-0.15, -0.1) is 0 Å². The van der Waals surface area contributed by atoms with E-state index in [4.69, 9.17) is 9.97 Å². The summed E-state index contributed by atoms with van der Waals surface area (Å²) in [5, 5.41) is 2.53. The Balaban J connectivity index is 1.03. The predicted molar refractivity (Wildman–Crippen MR) is 233 cm³/mol.